The van der Waals surface area contributed by atoms with Crippen LogP contribution in [0.2, 0.25) is 0 Å². The molecule has 0 bridgehead atoms. The van der Waals surface area contributed by atoms with Crippen LogP contribution in [0.1, 0.15) is 0 Å². The molecule has 8 heavy (non-hydrogen) atoms. The zero-order valence-corrected chi connectivity index (χ0v) is 5.96. The molecule has 0 aromatic rings. The standard InChI is InChI=1S/C3H2Cl3NO/c4-2(1-8-7)3(5)6/h1H2. The molecule has 0 spiro atoms. The molecular weight excluding hydrogens is 172 g/mol. The van der Waals surface area contributed by atoms with E-state index < -0.39 is 0 Å². The first-order chi connectivity index (χ1) is 3.68. The van der Waals surface area contributed by atoms with Gasteiger partial charge in [0, 0.05) is 5.90 Å². The van der Waals surface area contributed by atoms with Crippen LogP contribution in [0.25, 0.3) is 0 Å². The van der Waals surface area contributed by atoms with Crippen molar-refractivity contribution in [1.82, 2.24) is 5.90 Å². The summed E-state index contributed by atoms with van der Waals surface area (Å²) in [6, 6.07) is 0. The van der Waals surface area contributed by atoms with Crippen LogP contribution in [-0.2, 0) is 4.84 Å². The molecule has 0 amide bonds. The Hall–Kier alpha value is 0.530. The molecule has 0 aliphatic carbocycles. The second kappa shape index (κ2) is 4.41. The van der Waals surface area contributed by atoms with Crippen LogP contribution >= 0.6 is 34.8 Å². The van der Waals surface area contributed by atoms with Gasteiger partial charge in [-0.15, -0.1) is 0 Å². The molecule has 0 aromatic carbocycles. The van der Waals surface area contributed by atoms with Crippen LogP contribution in [0.4, 0.5) is 0 Å². The number of halogens is 3. The van der Waals surface area contributed by atoms with Gasteiger partial charge in [0.2, 0.25) is 0 Å². The molecule has 0 saturated heterocycles. The Balaban J connectivity index is 3.62. The summed E-state index contributed by atoms with van der Waals surface area (Å²) in [4.78, 5) is 3.61. The lowest BCUT2D eigenvalue weighted by atomic mass is 10.7. The predicted molar refractivity (Wildman–Crippen MR) is 32.7 cm³/mol. The number of hydrogen-bond acceptors (Lipinski definition) is 1. The van der Waals surface area contributed by atoms with Gasteiger partial charge < -0.3 is 0 Å². The van der Waals surface area contributed by atoms with Crippen LogP contribution in [0.5, 0.6) is 0 Å². The van der Waals surface area contributed by atoms with Gasteiger partial charge in [-0.25, -0.2) is 0 Å². The average Bonchev–Trinajstić information content (AvgIpc) is 1.67. The van der Waals surface area contributed by atoms with E-state index in [0.29, 0.717) is 0 Å². The first-order valence-corrected chi connectivity index (χ1v) is 2.78. The van der Waals surface area contributed by atoms with Gasteiger partial charge in [0.1, 0.15) is 11.1 Å². The molecule has 2 nitrogen and oxygen atoms in total. The summed E-state index contributed by atoms with van der Waals surface area (Å²) in [5.74, 6) is 7.75. The number of nitrogens with zero attached hydrogens (tertiary/aromatic N) is 1. The van der Waals surface area contributed by atoms with E-state index in [-0.39, 0.29) is 16.1 Å². The Morgan fingerprint density at radius 1 is 1.38 bits per heavy atom. The highest BCUT2D eigenvalue weighted by Gasteiger charge is 1.96. The van der Waals surface area contributed by atoms with Crippen molar-refractivity contribution in [1.29, 1.82) is 0 Å². The lowest BCUT2D eigenvalue weighted by molar-refractivity contribution is 0.144. The monoisotopic (exact) mass is 173 g/mol. The predicted octanol–water partition coefficient (Wildman–Crippen LogP) is 1.87. The van der Waals surface area contributed by atoms with Crippen LogP contribution in [0.3, 0.4) is 0 Å². The summed E-state index contributed by atoms with van der Waals surface area (Å²) in [7, 11) is 0. The average molecular weight is 174 g/mol. The van der Waals surface area contributed by atoms with Crippen molar-refractivity contribution in [2.45, 2.75) is 0 Å². The summed E-state index contributed by atoms with van der Waals surface area (Å²) < 4.78 is -0.0966. The second-order valence-electron chi connectivity index (χ2n) is 0.939. The Morgan fingerprint density at radius 2 is 1.88 bits per heavy atom. The van der Waals surface area contributed by atoms with Crippen molar-refractivity contribution in [3.8, 4) is 0 Å². The molecule has 0 saturated carbocycles. The molecule has 0 aliphatic heterocycles. The summed E-state index contributed by atoms with van der Waals surface area (Å²) in [5, 5.41) is 0.0795. The molecule has 46 valence electrons. The minimum Gasteiger partial charge on any atom is -0.258 e. The fourth-order valence-electron chi connectivity index (χ4n) is 0.111. The van der Waals surface area contributed by atoms with Gasteiger partial charge >= 0.3 is 0 Å². The van der Waals surface area contributed by atoms with E-state index in [9.17, 15) is 0 Å². The van der Waals surface area contributed by atoms with Crippen LogP contribution < -0.4 is 5.90 Å². The van der Waals surface area contributed by atoms with E-state index in [1.54, 1.807) is 0 Å². The molecule has 0 aromatic heterocycles. The van der Waals surface area contributed by atoms with Crippen LogP contribution in [0.15, 0.2) is 9.52 Å². The molecule has 0 fully saturated rings. The van der Waals surface area contributed by atoms with Gasteiger partial charge in [0.15, 0.2) is 0 Å². The highest BCUT2D eigenvalue weighted by molar-refractivity contribution is 6.59. The Morgan fingerprint density at radius 3 is 2.00 bits per heavy atom. The van der Waals surface area contributed by atoms with E-state index in [0.717, 1.165) is 0 Å². The fraction of sp³-hybridized carbons (Fsp3) is 0.333. The smallest absolute Gasteiger partial charge is 0.123 e. The first-order valence-electron chi connectivity index (χ1n) is 1.64. The number of hydrogen-bond donors (Lipinski definition) is 0. The molecule has 0 aliphatic rings. The fourth-order valence-corrected chi connectivity index (χ4v) is 0.269. The van der Waals surface area contributed by atoms with E-state index in [1.807, 2.05) is 0 Å². The number of rotatable bonds is 2. The van der Waals surface area contributed by atoms with Crippen molar-refractivity contribution >= 4 is 34.8 Å². The highest BCUT2D eigenvalue weighted by atomic mass is 35.5. The van der Waals surface area contributed by atoms with Gasteiger partial charge in [-0.1, -0.05) is 34.8 Å². The van der Waals surface area contributed by atoms with Crippen molar-refractivity contribution < 1.29 is 4.84 Å². The molecule has 0 atom stereocenters. The zero-order valence-electron chi connectivity index (χ0n) is 3.70. The molecule has 2 radical (unpaired) electrons. The maximum absolute atomic E-state index is 7.75. The quantitative estimate of drug-likeness (QED) is 0.588. The molecule has 0 heterocycles. The molecule has 0 unspecified atom stereocenters. The first kappa shape index (κ1) is 8.53. The minimum absolute atomic E-state index is 0.0795. The SMILES string of the molecule is [N]OCC(Cl)=C(Cl)Cl. The third-order valence-corrected chi connectivity index (χ3v) is 1.34. The maximum atomic E-state index is 7.75. The van der Waals surface area contributed by atoms with Crippen LogP contribution in [0, 0.1) is 0 Å². The molecule has 5 heteroatoms. The lowest BCUT2D eigenvalue weighted by Crippen LogP contribution is -1.89. The lowest BCUT2D eigenvalue weighted by Gasteiger charge is -1.90. The molecular formula is C3H2Cl3NO. The van der Waals surface area contributed by atoms with Gasteiger partial charge in [0.05, 0.1) is 5.03 Å². The third-order valence-electron chi connectivity index (χ3n) is 0.396. The van der Waals surface area contributed by atoms with Crippen molar-refractivity contribution in [2.75, 3.05) is 6.61 Å². The van der Waals surface area contributed by atoms with Gasteiger partial charge in [-0.3, -0.25) is 4.84 Å². The normalized spacial score (nSPS) is 9.00. The van der Waals surface area contributed by atoms with Crippen molar-refractivity contribution in [3.05, 3.63) is 9.52 Å². The zero-order chi connectivity index (χ0) is 6.57. The van der Waals surface area contributed by atoms with Crippen molar-refractivity contribution in [3.63, 3.8) is 0 Å². The van der Waals surface area contributed by atoms with Gasteiger partial charge in [0.25, 0.3) is 0 Å². The minimum atomic E-state index is -0.177. The Bertz CT molecular complexity index is 98.7. The van der Waals surface area contributed by atoms with E-state index in [1.165, 1.54) is 0 Å². The molecule has 0 rings (SSSR count). The summed E-state index contributed by atoms with van der Waals surface area (Å²) >= 11 is 15.5. The topological polar surface area (TPSA) is 31.5 Å². The van der Waals surface area contributed by atoms with Crippen molar-refractivity contribution in [2.24, 2.45) is 0 Å². The van der Waals surface area contributed by atoms with E-state index >= 15 is 0 Å². The van der Waals surface area contributed by atoms with Crippen LogP contribution in [-0.4, -0.2) is 6.61 Å². The summed E-state index contributed by atoms with van der Waals surface area (Å²) in [5.41, 5.74) is 0. The summed E-state index contributed by atoms with van der Waals surface area (Å²) in [6.45, 7) is -0.177. The van der Waals surface area contributed by atoms with E-state index in [2.05, 4.69) is 4.84 Å². The maximum Gasteiger partial charge on any atom is 0.123 e. The van der Waals surface area contributed by atoms with Gasteiger partial charge in [-0.05, 0) is 0 Å². The molecule has 0 N–H and O–H groups in total. The largest absolute Gasteiger partial charge is 0.258 e. The Kier molecular flexibility index (Phi) is 4.71. The third kappa shape index (κ3) is 3.52. The van der Waals surface area contributed by atoms with Gasteiger partial charge in [-0.2, -0.15) is 0 Å². The summed E-state index contributed by atoms with van der Waals surface area (Å²) in [6.07, 6.45) is 0. The highest BCUT2D eigenvalue weighted by Crippen LogP contribution is 2.16. The van der Waals surface area contributed by atoms with E-state index in [4.69, 9.17) is 40.7 Å². The second-order valence-corrected chi connectivity index (χ2v) is 2.34. The Labute approximate surface area is 62.1 Å².